The van der Waals surface area contributed by atoms with Gasteiger partial charge in [0, 0.05) is 31.7 Å². The summed E-state index contributed by atoms with van der Waals surface area (Å²) in [5.74, 6) is 2.30. The Balaban J connectivity index is 1.86. The molecule has 1 saturated carbocycles. The van der Waals surface area contributed by atoms with Gasteiger partial charge in [0.1, 0.15) is 5.82 Å². The fourth-order valence-electron chi connectivity index (χ4n) is 4.36. The van der Waals surface area contributed by atoms with E-state index in [2.05, 4.69) is 35.8 Å². The number of piperidine rings is 1. The predicted octanol–water partition coefficient (Wildman–Crippen LogP) is 3.00. The van der Waals surface area contributed by atoms with Gasteiger partial charge < -0.3 is 10.2 Å². The van der Waals surface area contributed by atoms with Crippen LogP contribution in [0.1, 0.15) is 56.7 Å². The molecule has 0 spiro atoms. The molecule has 1 saturated heterocycles. The van der Waals surface area contributed by atoms with Crippen LogP contribution >= 0.6 is 0 Å². The Kier molecular flexibility index (Phi) is 4.53. The number of aryl methyl sites for hydroxylation is 2. The van der Waals surface area contributed by atoms with E-state index in [0.717, 1.165) is 25.0 Å². The molecule has 4 nitrogen and oxygen atoms in total. The maximum absolute atomic E-state index is 4.71. The zero-order valence-electron chi connectivity index (χ0n) is 13.9. The molecule has 2 aliphatic rings. The standard InChI is InChI=1S/C17H30N4/c1-4-10-18-12-15-13(2)19-20(3)17(15)21-11-6-8-14-7-5-9-16(14)21/h14,16,18H,4-12H2,1-3H3. The summed E-state index contributed by atoms with van der Waals surface area (Å²) >= 11 is 0. The summed E-state index contributed by atoms with van der Waals surface area (Å²) in [7, 11) is 2.12. The van der Waals surface area contributed by atoms with Crippen LogP contribution in [0, 0.1) is 12.8 Å². The second-order valence-corrected chi connectivity index (χ2v) is 6.78. The molecule has 2 fully saturated rings. The van der Waals surface area contributed by atoms with Crippen LogP contribution in [0.4, 0.5) is 5.82 Å². The molecule has 0 amide bonds. The van der Waals surface area contributed by atoms with Crippen molar-refractivity contribution in [2.75, 3.05) is 18.0 Å². The van der Waals surface area contributed by atoms with E-state index >= 15 is 0 Å². The van der Waals surface area contributed by atoms with Gasteiger partial charge in [-0.05, 0) is 51.5 Å². The van der Waals surface area contributed by atoms with Crippen molar-refractivity contribution in [2.45, 2.75) is 65.0 Å². The number of nitrogens with zero attached hydrogens (tertiary/aromatic N) is 3. The lowest BCUT2D eigenvalue weighted by molar-refractivity contribution is 0.357. The molecule has 1 aromatic rings. The van der Waals surface area contributed by atoms with Crippen LogP contribution in [0.25, 0.3) is 0 Å². The van der Waals surface area contributed by atoms with Crippen LogP contribution < -0.4 is 10.2 Å². The van der Waals surface area contributed by atoms with Crippen LogP contribution in [0.5, 0.6) is 0 Å². The molecule has 1 aromatic heterocycles. The summed E-state index contributed by atoms with van der Waals surface area (Å²) in [5.41, 5.74) is 2.61. The zero-order chi connectivity index (χ0) is 14.8. The third kappa shape index (κ3) is 2.83. The molecule has 118 valence electrons. The van der Waals surface area contributed by atoms with Crippen molar-refractivity contribution in [3.05, 3.63) is 11.3 Å². The van der Waals surface area contributed by atoms with Gasteiger partial charge in [0.2, 0.25) is 0 Å². The fraction of sp³-hybridized carbons (Fsp3) is 0.824. The number of hydrogen-bond acceptors (Lipinski definition) is 3. The van der Waals surface area contributed by atoms with Gasteiger partial charge in [-0.2, -0.15) is 5.10 Å². The average Bonchev–Trinajstić information content (AvgIpc) is 3.04. The fourth-order valence-corrected chi connectivity index (χ4v) is 4.36. The normalized spacial score (nSPS) is 25.4. The number of rotatable bonds is 5. The average molecular weight is 290 g/mol. The Morgan fingerprint density at radius 2 is 2.05 bits per heavy atom. The first-order chi connectivity index (χ1) is 10.2. The van der Waals surface area contributed by atoms with Crippen LogP contribution in [-0.2, 0) is 13.6 Å². The minimum Gasteiger partial charge on any atom is -0.353 e. The monoisotopic (exact) mass is 290 g/mol. The van der Waals surface area contributed by atoms with E-state index in [1.54, 1.807) is 0 Å². The van der Waals surface area contributed by atoms with Gasteiger partial charge >= 0.3 is 0 Å². The summed E-state index contributed by atoms with van der Waals surface area (Å²) in [6.45, 7) is 7.62. The number of aromatic nitrogens is 2. The summed E-state index contributed by atoms with van der Waals surface area (Å²) in [5, 5.41) is 8.28. The molecule has 3 rings (SSSR count). The molecular weight excluding hydrogens is 260 g/mol. The Morgan fingerprint density at radius 1 is 1.24 bits per heavy atom. The smallest absolute Gasteiger partial charge is 0.131 e. The maximum atomic E-state index is 4.71. The Hall–Kier alpha value is -1.03. The van der Waals surface area contributed by atoms with Crippen molar-refractivity contribution in [3.8, 4) is 0 Å². The highest BCUT2D eigenvalue weighted by molar-refractivity contribution is 5.52. The van der Waals surface area contributed by atoms with E-state index in [4.69, 9.17) is 5.10 Å². The Bertz CT molecular complexity index is 479. The van der Waals surface area contributed by atoms with Crippen molar-refractivity contribution < 1.29 is 0 Å². The number of fused-ring (bicyclic) bond motifs is 1. The molecule has 2 unspecified atom stereocenters. The molecule has 1 N–H and O–H groups in total. The highest BCUT2D eigenvalue weighted by Gasteiger charge is 2.37. The Morgan fingerprint density at radius 3 is 2.86 bits per heavy atom. The van der Waals surface area contributed by atoms with Crippen molar-refractivity contribution in [1.82, 2.24) is 15.1 Å². The van der Waals surface area contributed by atoms with Crippen LogP contribution in [0.2, 0.25) is 0 Å². The largest absolute Gasteiger partial charge is 0.353 e. The lowest BCUT2D eigenvalue weighted by Gasteiger charge is -2.39. The third-order valence-electron chi connectivity index (χ3n) is 5.31. The summed E-state index contributed by atoms with van der Waals surface area (Å²) in [4.78, 5) is 2.68. The van der Waals surface area contributed by atoms with Gasteiger partial charge in [0.15, 0.2) is 0 Å². The highest BCUT2D eigenvalue weighted by Crippen LogP contribution is 2.40. The lowest BCUT2D eigenvalue weighted by atomic mass is 9.91. The molecule has 2 atom stereocenters. The van der Waals surface area contributed by atoms with E-state index in [0.29, 0.717) is 0 Å². The molecular formula is C17H30N4. The first-order valence-corrected chi connectivity index (χ1v) is 8.72. The summed E-state index contributed by atoms with van der Waals surface area (Å²) in [6.07, 6.45) is 8.17. The van der Waals surface area contributed by atoms with Crippen LogP contribution in [0.15, 0.2) is 0 Å². The highest BCUT2D eigenvalue weighted by atomic mass is 15.4. The summed E-state index contributed by atoms with van der Waals surface area (Å²) in [6, 6.07) is 0.762. The maximum Gasteiger partial charge on any atom is 0.131 e. The van der Waals surface area contributed by atoms with Gasteiger partial charge in [-0.15, -0.1) is 0 Å². The number of anilines is 1. The SMILES string of the molecule is CCCNCc1c(C)nn(C)c1N1CCCC2CCCC21. The molecule has 0 radical (unpaired) electrons. The quantitative estimate of drug-likeness (QED) is 0.846. The topological polar surface area (TPSA) is 33.1 Å². The van der Waals surface area contributed by atoms with Gasteiger partial charge in [0.25, 0.3) is 0 Å². The number of nitrogens with one attached hydrogen (secondary N) is 1. The van der Waals surface area contributed by atoms with E-state index in [9.17, 15) is 0 Å². The lowest BCUT2D eigenvalue weighted by Crippen LogP contribution is -2.44. The second-order valence-electron chi connectivity index (χ2n) is 6.78. The molecule has 1 aliphatic carbocycles. The van der Waals surface area contributed by atoms with Gasteiger partial charge in [0.05, 0.1) is 5.69 Å². The molecule has 2 heterocycles. The van der Waals surface area contributed by atoms with Crippen molar-refractivity contribution >= 4 is 5.82 Å². The molecule has 0 aromatic carbocycles. The van der Waals surface area contributed by atoms with E-state index in [1.165, 1.54) is 62.1 Å². The minimum absolute atomic E-state index is 0.762. The van der Waals surface area contributed by atoms with Gasteiger partial charge in [-0.25, -0.2) is 0 Å². The first-order valence-electron chi connectivity index (χ1n) is 8.72. The molecule has 1 aliphatic heterocycles. The zero-order valence-corrected chi connectivity index (χ0v) is 13.9. The van der Waals surface area contributed by atoms with Crippen LogP contribution in [-0.4, -0.2) is 28.9 Å². The first kappa shape index (κ1) is 14.9. The third-order valence-corrected chi connectivity index (χ3v) is 5.31. The van der Waals surface area contributed by atoms with Crippen molar-refractivity contribution in [2.24, 2.45) is 13.0 Å². The molecule has 0 bridgehead atoms. The molecule has 4 heteroatoms. The second kappa shape index (κ2) is 6.39. The minimum atomic E-state index is 0.762. The summed E-state index contributed by atoms with van der Waals surface area (Å²) < 4.78 is 2.12. The van der Waals surface area contributed by atoms with E-state index < -0.39 is 0 Å². The Labute approximate surface area is 128 Å². The van der Waals surface area contributed by atoms with E-state index in [-0.39, 0.29) is 0 Å². The van der Waals surface area contributed by atoms with E-state index in [1.807, 2.05) is 0 Å². The predicted molar refractivity (Wildman–Crippen MR) is 87.7 cm³/mol. The van der Waals surface area contributed by atoms with Gasteiger partial charge in [-0.3, -0.25) is 4.68 Å². The molecule has 21 heavy (non-hydrogen) atoms. The van der Waals surface area contributed by atoms with Crippen molar-refractivity contribution in [3.63, 3.8) is 0 Å². The van der Waals surface area contributed by atoms with Crippen molar-refractivity contribution in [1.29, 1.82) is 0 Å². The van der Waals surface area contributed by atoms with Gasteiger partial charge in [-0.1, -0.05) is 13.3 Å². The number of hydrogen-bond donors (Lipinski definition) is 1. The van der Waals surface area contributed by atoms with Crippen LogP contribution in [0.3, 0.4) is 0 Å².